The van der Waals surface area contributed by atoms with Crippen LogP contribution in [0.2, 0.25) is 0 Å². The second kappa shape index (κ2) is 4.47. The van der Waals surface area contributed by atoms with Crippen molar-refractivity contribution < 1.29 is 18.3 Å². The molecular weight excluding hydrogens is 283 g/mol. The van der Waals surface area contributed by atoms with E-state index in [1.54, 1.807) is 12.1 Å². The maximum atomic E-state index is 12.6. The van der Waals surface area contributed by atoms with Gasteiger partial charge in [-0.1, -0.05) is 6.07 Å². The van der Waals surface area contributed by atoms with Crippen LogP contribution in [-0.2, 0) is 6.18 Å². The molecule has 0 aliphatic rings. The normalized spacial score (nSPS) is 12.0. The predicted molar refractivity (Wildman–Crippen MR) is 70.3 cm³/mol. The van der Waals surface area contributed by atoms with Gasteiger partial charge in [-0.3, -0.25) is 0 Å². The number of aryl methyl sites for hydroxylation is 1. The Morgan fingerprint density at radius 3 is 2.38 bits per heavy atom. The van der Waals surface area contributed by atoms with Gasteiger partial charge in [0.2, 0.25) is 0 Å². The van der Waals surface area contributed by atoms with Crippen LogP contribution in [0.1, 0.15) is 11.1 Å². The van der Waals surface area contributed by atoms with E-state index >= 15 is 0 Å². The summed E-state index contributed by atoms with van der Waals surface area (Å²) in [4.78, 5) is 1.12. The number of hydrogen-bond acceptors (Lipinski definition) is 3. The van der Waals surface area contributed by atoms with Crippen molar-refractivity contribution in [1.29, 1.82) is 0 Å². The summed E-state index contributed by atoms with van der Waals surface area (Å²) in [5.41, 5.74) is 1.37. The maximum absolute atomic E-state index is 12.6. The van der Waals surface area contributed by atoms with Gasteiger partial charge in [0.1, 0.15) is 22.5 Å². The Labute approximate surface area is 117 Å². The molecule has 0 aliphatic heterocycles. The van der Waals surface area contributed by atoms with Gasteiger partial charge in [-0.25, -0.2) is 0 Å². The first kappa shape index (κ1) is 13.4. The molecule has 108 valence electrons. The molecule has 0 aliphatic carbocycles. The second-order valence-electron chi connectivity index (χ2n) is 4.68. The number of rotatable bonds is 1. The molecule has 4 nitrogen and oxygen atoms in total. The average Bonchev–Trinajstić information content (AvgIpc) is 2.80. The minimum absolute atomic E-state index is 0.0943. The first-order valence-corrected chi connectivity index (χ1v) is 6.09. The zero-order valence-electron chi connectivity index (χ0n) is 10.9. The van der Waals surface area contributed by atoms with Gasteiger partial charge < -0.3 is 5.11 Å². The Bertz CT molecular complexity index is 824. The lowest BCUT2D eigenvalue weighted by molar-refractivity contribution is -0.137. The van der Waals surface area contributed by atoms with Crippen molar-refractivity contribution in [3.63, 3.8) is 0 Å². The van der Waals surface area contributed by atoms with Crippen molar-refractivity contribution in [2.24, 2.45) is 0 Å². The van der Waals surface area contributed by atoms with Crippen molar-refractivity contribution >= 4 is 11.0 Å². The minimum Gasteiger partial charge on any atom is -0.506 e. The number of nitrogens with zero attached hydrogens (tertiary/aromatic N) is 3. The molecule has 0 unspecified atom stereocenters. The number of hydrogen-bond donors (Lipinski definition) is 1. The number of aromatic nitrogens is 3. The zero-order chi connectivity index (χ0) is 15.2. The second-order valence-corrected chi connectivity index (χ2v) is 4.68. The van der Waals surface area contributed by atoms with Crippen molar-refractivity contribution in [2.75, 3.05) is 0 Å². The summed E-state index contributed by atoms with van der Waals surface area (Å²) in [6, 6.07) is 8.11. The summed E-state index contributed by atoms with van der Waals surface area (Å²) in [5.74, 6) is -0.526. The molecule has 0 amide bonds. The number of phenolic OH excluding ortho intramolecular Hbond substituents is 1. The average molecular weight is 293 g/mol. The SMILES string of the molecule is Cc1ccc2nn(-c3ccc(C(F)(F)F)cc3O)nc2c1. The number of phenols is 1. The van der Waals surface area contributed by atoms with E-state index in [9.17, 15) is 18.3 Å². The van der Waals surface area contributed by atoms with Crippen LogP contribution < -0.4 is 0 Å². The van der Waals surface area contributed by atoms with Crippen molar-refractivity contribution in [3.8, 4) is 11.4 Å². The highest BCUT2D eigenvalue weighted by molar-refractivity contribution is 5.74. The lowest BCUT2D eigenvalue weighted by Gasteiger charge is -2.09. The van der Waals surface area contributed by atoms with E-state index in [1.807, 2.05) is 13.0 Å². The molecule has 3 rings (SSSR count). The Morgan fingerprint density at radius 1 is 1.00 bits per heavy atom. The van der Waals surface area contributed by atoms with Gasteiger partial charge in [-0.05, 0) is 42.8 Å². The van der Waals surface area contributed by atoms with E-state index in [0.29, 0.717) is 17.1 Å². The molecule has 3 aromatic rings. The van der Waals surface area contributed by atoms with Crippen LogP contribution in [0.3, 0.4) is 0 Å². The fourth-order valence-electron chi connectivity index (χ4n) is 2.00. The van der Waals surface area contributed by atoms with E-state index in [-0.39, 0.29) is 5.69 Å². The highest BCUT2D eigenvalue weighted by Gasteiger charge is 2.31. The van der Waals surface area contributed by atoms with Crippen LogP contribution >= 0.6 is 0 Å². The Kier molecular flexibility index (Phi) is 2.86. The molecule has 1 N–H and O–H groups in total. The third-order valence-electron chi connectivity index (χ3n) is 3.05. The standard InChI is InChI=1S/C14H10F3N3O/c1-8-2-4-10-11(6-8)19-20(18-10)12-5-3-9(7-13(12)21)14(15,16)17/h2-7,21H,1H3. The van der Waals surface area contributed by atoms with Gasteiger partial charge in [-0.15, -0.1) is 15.0 Å². The van der Waals surface area contributed by atoms with Crippen molar-refractivity contribution in [2.45, 2.75) is 13.1 Å². The first-order valence-electron chi connectivity index (χ1n) is 6.09. The maximum Gasteiger partial charge on any atom is 0.416 e. The molecule has 1 heterocycles. The monoisotopic (exact) mass is 293 g/mol. The van der Waals surface area contributed by atoms with Gasteiger partial charge in [0.15, 0.2) is 0 Å². The highest BCUT2D eigenvalue weighted by Crippen LogP contribution is 2.33. The summed E-state index contributed by atoms with van der Waals surface area (Å²) >= 11 is 0. The first-order chi connectivity index (χ1) is 9.84. The Morgan fingerprint density at radius 2 is 1.71 bits per heavy atom. The van der Waals surface area contributed by atoms with Gasteiger partial charge in [0.25, 0.3) is 0 Å². The van der Waals surface area contributed by atoms with E-state index in [0.717, 1.165) is 22.5 Å². The number of halogens is 3. The molecular formula is C14H10F3N3O. The van der Waals surface area contributed by atoms with Crippen molar-refractivity contribution in [1.82, 2.24) is 15.0 Å². The molecule has 1 aromatic heterocycles. The lowest BCUT2D eigenvalue weighted by Crippen LogP contribution is -2.06. The van der Waals surface area contributed by atoms with Crippen LogP contribution in [0.25, 0.3) is 16.7 Å². The van der Waals surface area contributed by atoms with Crippen LogP contribution in [0.15, 0.2) is 36.4 Å². The van der Waals surface area contributed by atoms with Crippen LogP contribution in [-0.4, -0.2) is 20.1 Å². The van der Waals surface area contributed by atoms with E-state index < -0.39 is 17.5 Å². The highest BCUT2D eigenvalue weighted by atomic mass is 19.4. The van der Waals surface area contributed by atoms with Gasteiger partial charge >= 0.3 is 6.18 Å². The number of benzene rings is 2. The Hall–Kier alpha value is -2.57. The molecule has 0 spiro atoms. The number of alkyl halides is 3. The van der Waals surface area contributed by atoms with Gasteiger partial charge in [0.05, 0.1) is 5.56 Å². The summed E-state index contributed by atoms with van der Waals surface area (Å²) in [7, 11) is 0. The van der Waals surface area contributed by atoms with E-state index in [1.165, 1.54) is 0 Å². The quantitative estimate of drug-likeness (QED) is 0.747. The molecule has 0 bridgehead atoms. The molecule has 7 heteroatoms. The molecule has 0 atom stereocenters. The van der Waals surface area contributed by atoms with Gasteiger partial charge in [0, 0.05) is 0 Å². The lowest BCUT2D eigenvalue weighted by atomic mass is 10.2. The molecule has 0 saturated carbocycles. The van der Waals surface area contributed by atoms with Gasteiger partial charge in [-0.2, -0.15) is 13.2 Å². The van der Waals surface area contributed by atoms with Crippen LogP contribution in [0.4, 0.5) is 13.2 Å². The topological polar surface area (TPSA) is 50.9 Å². The third kappa shape index (κ3) is 2.42. The summed E-state index contributed by atoms with van der Waals surface area (Å²) in [6.45, 7) is 1.90. The van der Waals surface area contributed by atoms with Crippen LogP contribution in [0, 0.1) is 6.92 Å². The van der Waals surface area contributed by atoms with E-state index in [4.69, 9.17) is 0 Å². The molecule has 21 heavy (non-hydrogen) atoms. The Balaban J connectivity index is 2.10. The smallest absolute Gasteiger partial charge is 0.416 e. The minimum atomic E-state index is -4.50. The summed E-state index contributed by atoms with van der Waals surface area (Å²) < 4.78 is 37.7. The fourth-order valence-corrected chi connectivity index (χ4v) is 2.00. The fraction of sp³-hybridized carbons (Fsp3) is 0.143. The van der Waals surface area contributed by atoms with Crippen molar-refractivity contribution in [3.05, 3.63) is 47.5 Å². The number of fused-ring (bicyclic) bond motifs is 1. The van der Waals surface area contributed by atoms with E-state index in [2.05, 4.69) is 10.2 Å². The zero-order valence-corrected chi connectivity index (χ0v) is 10.9. The summed E-state index contributed by atoms with van der Waals surface area (Å²) in [6.07, 6.45) is -4.50. The molecule has 0 fully saturated rings. The van der Waals surface area contributed by atoms with Crippen LogP contribution in [0.5, 0.6) is 5.75 Å². The third-order valence-corrected chi connectivity index (χ3v) is 3.05. The molecule has 0 saturated heterocycles. The molecule has 0 radical (unpaired) electrons. The largest absolute Gasteiger partial charge is 0.506 e. The summed E-state index contributed by atoms with van der Waals surface area (Å²) in [5, 5.41) is 18.1. The number of aromatic hydroxyl groups is 1. The molecule has 2 aromatic carbocycles. The predicted octanol–water partition coefficient (Wildman–Crippen LogP) is 3.45.